The zero-order valence-corrected chi connectivity index (χ0v) is 12.1. The van der Waals surface area contributed by atoms with Crippen molar-refractivity contribution in [3.05, 3.63) is 35.4 Å². The molecule has 1 aromatic carbocycles. The second-order valence-electron chi connectivity index (χ2n) is 5.00. The molecule has 1 aliphatic heterocycles. The number of ether oxygens (including phenoxy) is 1. The van der Waals surface area contributed by atoms with Crippen LogP contribution < -0.4 is 5.32 Å². The molecule has 7 heteroatoms. The van der Waals surface area contributed by atoms with Crippen LogP contribution in [0.3, 0.4) is 0 Å². The van der Waals surface area contributed by atoms with E-state index in [1.54, 1.807) is 18.2 Å². The van der Waals surface area contributed by atoms with Crippen LogP contribution in [0.1, 0.15) is 6.92 Å². The molecule has 0 aliphatic carbocycles. The van der Waals surface area contributed by atoms with Gasteiger partial charge in [-0.3, -0.25) is 0 Å². The summed E-state index contributed by atoms with van der Waals surface area (Å²) < 4.78 is 19.2. The molecule has 0 saturated carbocycles. The van der Waals surface area contributed by atoms with Gasteiger partial charge in [-0.05, 0) is 23.7 Å². The maximum atomic E-state index is 13.8. The Bertz CT molecular complexity index is 655. The lowest BCUT2D eigenvalue weighted by Gasteiger charge is -2.15. The second-order valence-corrected chi connectivity index (χ2v) is 5.34. The smallest absolute Gasteiger partial charge is 0.227 e. The van der Waals surface area contributed by atoms with E-state index in [9.17, 15) is 4.39 Å². The molecule has 1 unspecified atom stereocenters. The van der Waals surface area contributed by atoms with Gasteiger partial charge < -0.3 is 10.1 Å². The van der Waals surface area contributed by atoms with Crippen LogP contribution >= 0.6 is 11.6 Å². The number of rotatable bonds is 3. The summed E-state index contributed by atoms with van der Waals surface area (Å²) >= 11 is 5.92. The zero-order chi connectivity index (χ0) is 14.8. The number of halogens is 2. The first-order valence-electron chi connectivity index (χ1n) is 6.64. The van der Waals surface area contributed by atoms with Gasteiger partial charge >= 0.3 is 0 Å². The highest BCUT2D eigenvalue weighted by Gasteiger charge is 2.25. The summed E-state index contributed by atoms with van der Waals surface area (Å²) in [5.41, 5.74) is 0.292. The number of nitrogens with zero attached hydrogens (tertiary/aromatic N) is 3. The molecule has 2 atom stereocenters. The quantitative estimate of drug-likeness (QED) is 0.945. The Kier molecular flexibility index (Phi) is 3.98. The van der Waals surface area contributed by atoms with Crippen molar-refractivity contribution >= 4 is 17.5 Å². The van der Waals surface area contributed by atoms with Gasteiger partial charge in [0.1, 0.15) is 5.82 Å². The van der Waals surface area contributed by atoms with Gasteiger partial charge in [0.2, 0.25) is 11.2 Å². The van der Waals surface area contributed by atoms with E-state index in [1.165, 1.54) is 6.07 Å². The molecule has 0 radical (unpaired) electrons. The fourth-order valence-corrected chi connectivity index (χ4v) is 2.35. The second kappa shape index (κ2) is 5.91. The summed E-state index contributed by atoms with van der Waals surface area (Å²) in [6, 6.07) is 6.39. The van der Waals surface area contributed by atoms with Crippen LogP contribution in [0, 0.1) is 11.7 Å². The van der Waals surface area contributed by atoms with Crippen LogP contribution in [-0.4, -0.2) is 34.2 Å². The van der Waals surface area contributed by atoms with Crippen molar-refractivity contribution in [2.75, 3.05) is 18.5 Å². The van der Waals surface area contributed by atoms with E-state index in [0.29, 0.717) is 30.6 Å². The molecular weight excluding hydrogens is 295 g/mol. The molecular formula is C14H14ClFN4O. The van der Waals surface area contributed by atoms with Crippen molar-refractivity contribution in [2.24, 2.45) is 5.92 Å². The highest BCUT2D eigenvalue weighted by molar-refractivity contribution is 6.28. The highest BCUT2D eigenvalue weighted by Crippen LogP contribution is 2.22. The van der Waals surface area contributed by atoms with Crippen molar-refractivity contribution in [3.63, 3.8) is 0 Å². The topological polar surface area (TPSA) is 59.9 Å². The van der Waals surface area contributed by atoms with Gasteiger partial charge in [-0.2, -0.15) is 15.0 Å². The average molecular weight is 309 g/mol. The van der Waals surface area contributed by atoms with E-state index in [4.69, 9.17) is 16.3 Å². The molecule has 110 valence electrons. The van der Waals surface area contributed by atoms with E-state index >= 15 is 0 Å². The monoisotopic (exact) mass is 308 g/mol. The Labute approximate surface area is 126 Å². The van der Waals surface area contributed by atoms with Gasteiger partial charge in [0, 0.05) is 5.92 Å². The number of anilines is 1. The molecule has 2 heterocycles. The third kappa shape index (κ3) is 3.11. The molecule has 1 saturated heterocycles. The molecule has 1 aliphatic rings. The van der Waals surface area contributed by atoms with E-state index in [1.807, 2.05) is 0 Å². The zero-order valence-electron chi connectivity index (χ0n) is 11.4. The maximum absolute atomic E-state index is 13.8. The van der Waals surface area contributed by atoms with Gasteiger partial charge in [-0.1, -0.05) is 19.1 Å². The van der Waals surface area contributed by atoms with E-state index < -0.39 is 5.82 Å². The Morgan fingerprint density at radius 3 is 2.76 bits per heavy atom. The summed E-state index contributed by atoms with van der Waals surface area (Å²) in [5, 5.41) is 3.19. The van der Waals surface area contributed by atoms with Gasteiger partial charge in [0.05, 0.1) is 24.8 Å². The normalized spacial score (nSPS) is 21.5. The summed E-state index contributed by atoms with van der Waals surface area (Å²) in [4.78, 5) is 12.3. The van der Waals surface area contributed by atoms with E-state index in [-0.39, 0.29) is 17.1 Å². The van der Waals surface area contributed by atoms with Crippen LogP contribution in [0.5, 0.6) is 0 Å². The van der Waals surface area contributed by atoms with Crippen molar-refractivity contribution in [2.45, 2.75) is 13.0 Å². The van der Waals surface area contributed by atoms with Crippen molar-refractivity contribution in [1.82, 2.24) is 15.0 Å². The first-order valence-corrected chi connectivity index (χ1v) is 7.02. The minimum absolute atomic E-state index is 0.0253. The largest absolute Gasteiger partial charge is 0.379 e. The van der Waals surface area contributed by atoms with Crippen molar-refractivity contribution < 1.29 is 9.13 Å². The predicted octanol–water partition coefficient (Wildman–Crippen LogP) is 2.78. The third-order valence-electron chi connectivity index (χ3n) is 3.40. The molecule has 21 heavy (non-hydrogen) atoms. The van der Waals surface area contributed by atoms with Gasteiger partial charge in [-0.15, -0.1) is 0 Å². The fourth-order valence-electron chi connectivity index (χ4n) is 2.19. The molecule has 0 amide bonds. The lowest BCUT2D eigenvalue weighted by Crippen LogP contribution is -2.27. The predicted molar refractivity (Wildman–Crippen MR) is 77.6 cm³/mol. The molecule has 1 fully saturated rings. The maximum Gasteiger partial charge on any atom is 0.227 e. The minimum atomic E-state index is -0.400. The molecule has 1 aromatic heterocycles. The standard InChI is InChI=1S/C14H14ClFN4O/c1-8-6-21-7-11(8)17-14-19-12(18-13(15)20-14)9-4-2-3-5-10(9)16/h2-5,8,11H,6-7H2,1H3,(H,17,18,19,20)/t8-,11?/m0/s1. The number of aromatic nitrogens is 3. The molecule has 2 aromatic rings. The highest BCUT2D eigenvalue weighted by atomic mass is 35.5. The number of hydrogen-bond acceptors (Lipinski definition) is 5. The molecule has 1 N–H and O–H groups in total. The Morgan fingerprint density at radius 1 is 1.24 bits per heavy atom. The van der Waals surface area contributed by atoms with Crippen LogP contribution in [0.4, 0.5) is 10.3 Å². The Hall–Kier alpha value is -1.79. The van der Waals surface area contributed by atoms with Crippen LogP contribution in [0.15, 0.2) is 24.3 Å². The molecule has 0 bridgehead atoms. The lowest BCUT2D eigenvalue weighted by atomic mass is 10.1. The van der Waals surface area contributed by atoms with Crippen molar-refractivity contribution in [1.29, 1.82) is 0 Å². The summed E-state index contributed by atoms with van der Waals surface area (Å²) in [5.74, 6) is 0.485. The van der Waals surface area contributed by atoms with E-state index in [2.05, 4.69) is 27.2 Å². The number of nitrogens with one attached hydrogen (secondary N) is 1. The van der Waals surface area contributed by atoms with E-state index in [0.717, 1.165) is 0 Å². The average Bonchev–Trinajstić information content (AvgIpc) is 2.84. The summed E-state index contributed by atoms with van der Waals surface area (Å²) in [6.45, 7) is 3.35. The summed E-state index contributed by atoms with van der Waals surface area (Å²) in [7, 11) is 0. The third-order valence-corrected chi connectivity index (χ3v) is 3.57. The van der Waals surface area contributed by atoms with Crippen LogP contribution in [0.2, 0.25) is 5.28 Å². The van der Waals surface area contributed by atoms with Crippen LogP contribution in [-0.2, 0) is 4.74 Å². The molecule has 5 nitrogen and oxygen atoms in total. The van der Waals surface area contributed by atoms with Crippen LogP contribution in [0.25, 0.3) is 11.4 Å². The Balaban J connectivity index is 1.91. The molecule has 0 spiro atoms. The van der Waals surface area contributed by atoms with Crippen molar-refractivity contribution in [3.8, 4) is 11.4 Å². The first kappa shape index (κ1) is 14.2. The first-order chi connectivity index (χ1) is 10.1. The Morgan fingerprint density at radius 2 is 2.05 bits per heavy atom. The fraction of sp³-hybridized carbons (Fsp3) is 0.357. The van der Waals surface area contributed by atoms with Gasteiger partial charge in [0.15, 0.2) is 5.82 Å². The van der Waals surface area contributed by atoms with Gasteiger partial charge in [-0.25, -0.2) is 4.39 Å². The van der Waals surface area contributed by atoms with Gasteiger partial charge in [0.25, 0.3) is 0 Å². The minimum Gasteiger partial charge on any atom is -0.379 e. The lowest BCUT2D eigenvalue weighted by molar-refractivity contribution is 0.187. The number of benzene rings is 1. The number of hydrogen-bond donors (Lipinski definition) is 1. The molecule has 3 rings (SSSR count). The SMILES string of the molecule is C[C@H]1COCC1Nc1nc(Cl)nc(-c2ccccc2F)n1. The summed E-state index contributed by atoms with van der Waals surface area (Å²) in [6.07, 6.45) is 0.